The molecule has 1 amide bonds. The lowest BCUT2D eigenvalue weighted by molar-refractivity contribution is -0.119. The molecular weight excluding hydrogens is 333 g/mol. The van der Waals surface area contributed by atoms with Crippen molar-refractivity contribution in [2.75, 3.05) is 5.32 Å². The molecular formula is C17H13ClFN3O2. The van der Waals surface area contributed by atoms with Crippen LogP contribution in [0.25, 0.3) is 10.8 Å². The van der Waals surface area contributed by atoms with Gasteiger partial charge in [-0.25, -0.2) is 9.07 Å². The van der Waals surface area contributed by atoms with Gasteiger partial charge >= 0.3 is 0 Å². The molecule has 5 nitrogen and oxygen atoms in total. The topological polar surface area (TPSA) is 64.0 Å². The van der Waals surface area contributed by atoms with Crippen molar-refractivity contribution < 1.29 is 9.18 Å². The van der Waals surface area contributed by atoms with E-state index in [1.165, 1.54) is 18.3 Å². The second kappa shape index (κ2) is 6.41. The number of rotatable bonds is 3. The molecule has 0 bridgehead atoms. The number of anilines is 1. The van der Waals surface area contributed by atoms with E-state index in [1.807, 2.05) is 6.07 Å². The number of benzene rings is 2. The van der Waals surface area contributed by atoms with E-state index in [2.05, 4.69) is 10.4 Å². The summed E-state index contributed by atoms with van der Waals surface area (Å²) in [6, 6.07) is 10.0. The fourth-order valence-electron chi connectivity index (χ4n) is 2.31. The van der Waals surface area contributed by atoms with Crippen LogP contribution in [0.2, 0.25) is 5.02 Å². The molecule has 3 rings (SSSR count). The molecule has 1 aromatic heterocycles. The Morgan fingerprint density at radius 2 is 2.04 bits per heavy atom. The molecule has 3 aromatic rings. The Bertz CT molecular complexity index is 987. The minimum absolute atomic E-state index is 0.0959. The predicted molar refractivity (Wildman–Crippen MR) is 90.8 cm³/mol. The lowest BCUT2D eigenvalue weighted by atomic mass is 10.2. The van der Waals surface area contributed by atoms with Crippen LogP contribution in [-0.4, -0.2) is 15.7 Å². The summed E-state index contributed by atoms with van der Waals surface area (Å²) in [6.07, 6.45) is 1.54. The van der Waals surface area contributed by atoms with Gasteiger partial charge in [-0.05, 0) is 31.2 Å². The number of carbonyl (C=O) groups excluding carboxylic acids is 1. The van der Waals surface area contributed by atoms with E-state index in [1.54, 1.807) is 25.1 Å². The van der Waals surface area contributed by atoms with Crippen LogP contribution in [0.15, 0.2) is 53.5 Å². The number of nitrogens with one attached hydrogen (secondary N) is 1. The molecule has 24 heavy (non-hydrogen) atoms. The van der Waals surface area contributed by atoms with Gasteiger partial charge in [-0.15, -0.1) is 0 Å². The summed E-state index contributed by atoms with van der Waals surface area (Å²) in [6.45, 7) is 1.56. The molecule has 0 saturated carbocycles. The Morgan fingerprint density at radius 1 is 1.29 bits per heavy atom. The fourth-order valence-corrected chi connectivity index (χ4v) is 2.49. The van der Waals surface area contributed by atoms with E-state index in [4.69, 9.17) is 11.6 Å². The molecule has 0 saturated heterocycles. The first-order chi connectivity index (χ1) is 11.5. The zero-order chi connectivity index (χ0) is 17.3. The minimum atomic E-state index is -0.842. The first-order valence-electron chi connectivity index (χ1n) is 7.20. The van der Waals surface area contributed by atoms with E-state index in [9.17, 15) is 14.0 Å². The SMILES string of the molecule is CC(C(=O)Nc1ccc(F)c(Cl)c1)n1ncc2ccccc2c1=O. The second-order valence-corrected chi connectivity index (χ2v) is 5.68. The Balaban J connectivity index is 1.89. The Hall–Kier alpha value is -2.73. The summed E-state index contributed by atoms with van der Waals surface area (Å²) in [4.78, 5) is 24.8. The van der Waals surface area contributed by atoms with Gasteiger partial charge in [0.05, 0.1) is 16.6 Å². The summed E-state index contributed by atoms with van der Waals surface area (Å²) in [7, 11) is 0. The third-order valence-electron chi connectivity index (χ3n) is 3.65. The standard InChI is InChI=1S/C17H13ClFN3O2/c1-10(16(23)21-12-6-7-15(19)14(18)8-12)22-17(24)13-5-3-2-4-11(13)9-20-22/h2-10H,1H3,(H,21,23). The van der Waals surface area contributed by atoms with Crippen LogP contribution in [0.1, 0.15) is 13.0 Å². The van der Waals surface area contributed by atoms with Crippen molar-refractivity contribution in [1.82, 2.24) is 9.78 Å². The maximum atomic E-state index is 13.2. The van der Waals surface area contributed by atoms with Crippen LogP contribution in [0.5, 0.6) is 0 Å². The molecule has 7 heteroatoms. The molecule has 0 radical (unpaired) electrons. The van der Waals surface area contributed by atoms with Gasteiger partial charge in [-0.3, -0.25) is 9.59 Å². The average molecular weight is 346 g/mol. The quantitative estimate of drug-likeness (QED) is 0.791. The number of amides is 1. The maximum absolute atomic E-state index is 13.2. The molecule has 0 aliphatic heterocycles. The van der Waals surface area contributed by atoms with Crippen molar-refractivity contribution in [2.45, 2.75) is 13.0 Å². The Morgan fingerprint density at radius 3 is 2.79 bits per heavy atom. The Kier molecular flexibility index (Phi) is 4.31. The third-order valence-corrected chi connectivity index (χ3v) is 3.94. The predicted octanol–water partition coefficient (Wildman–Crippen LogP) is 3.39. The summed E-state index contributed by atoms with van der Waals surface area (Å²) in [5.41, 5.74) is -0.0139. The van der Waals surface area contributed by atoms with Gasteiger partial charge in [0.2, 0.25) is 5.91 Å². The molecule has 1 atom stereocenters. The van der Waals surface area contributed by atoms with Crippen LogP contribution >= 0.6 is 11.6 Å². The first-order valence-corrected chi connectivity index (χ1v) is 7.57. The van der Waals surface area contributed by atoms with E-state index < -0.39 is 17.8 Å². The molecule has 1 unspecified atom stereocenters. The molecule has 0 aliphatic rings. The maximum Gasteiger partial charge on any atom is 0.275 e. The summed E-state index contributed by atoms with van der Waals surface area (Å²) >= 11 is 5.69. The van der Waals surface area contributed by atoms with Crippen LogP contribution in [0.3, 0.4) is 0 Å². The van der Waals surface area contributed by atoms with Crippen LogP contribution in [0.4, 0.5) is 10.1 Å². The molecule has 122 valence electrons. The number of nitrogens with zero attached hydrogens (tertiary/aromatic N) is 2. The lowest BCUT2D eigenvalue weighted by Crippen LogP contribution is -2.33. The highest BCUT2D eigenvalue weighted by molar-refractivity contribution is 6.31. The van der Waals surface area contributed by atoms with Crippen molar-refractivity contribution in [3.63, 3.8) is 0 Å². The Labute approximate surface area is 141 Å². The van der Waals surface area contributed by atoms with Crippen molar-refractivity contribution in [1.29, 1.82) is 0 Å². The summed E-state index contributed by atoms with van der Waals surface area (Å²) < 4.78 is 14.3. The first kappa shape index (κ1) is 16.1. The molecule has 0 spiro atoms. The highest BCUT2D eigenvalue weighted by Gasteiger charge is 2.19. The fraction of sp³-hybridized carbons (Fsp3) is 0.118. The van der Waals surface area contributed by atoms with Gasteiger partial charge in [0.25, 0.3) is 5.56 Å². The van der Waals surface area contributed by atoms with Gasteiger partial charge in [0.15, 0.2) is 0 Å². The van der Waals surface area contributed by atoms with Gasteiger partial charge in [-0.1, -0.05) is 29.8 Å². The van der Waals surface area contributed by atoms with Crippen LogP contribution in [-0.2, 0) is 4.79 Å². The monoisotopic (exact) mass is 345 g/mol. The molecule has 1 heterocycles. The lowest BCUT2D eigenvalue weighted by Gasteiger charge is -2.14. The highest BCUT2D eigenvalue weighted by atomic mass is 35.5. The second-order valence-electron chi connectivity index (χ2n) is 5.28. The van der Waals surface area contributed by atoms with Crippen molar-refractivity contribution in [3.8, 4) is 0 Å². The molecule has 1 N–H and O–H groups in total. The van der Waals surface area contributed by atoms with Gasteiger partial charge in [0, 0.05) is 11.1 Å². The largest absolute Gasteiger partial charge is 0.324 e. The number of hydrogen-bond acceptors (Lipinski definition) is 3. The molecule has 2 aromatic carbocycles. The van der Waals surface area contributed by atoms with E-state index in [0.29, 0.717) is 16.5 Å². The van der Waals surface area contributed by atoms with Crippen molar-refractivity contribution in [3.05, 3.63) is 69.9 Å². The average Bonchev–Trinajstić information content (AvgIpc) is 2.58. The van der Waals surface area contributed by atoms with Gasteiger partial charge in [0.1, 0.15) is 11.9 Å². The van der Waals surface area contributed by atoms with Crippen molar-refractivity contribution >= 4 is 34.0 Å². The molecule has 0 fully saturated rings. The smallest absolute Gasteiger partial charge is 0.275 e. The number of carbonyl (C=O) groups is 1. The van der Waals surface area contributed by atoms with Gasteiger partial charge < -0.3 is 5.32 Å². The summed E-state index contributed by atoms with van der Waals surface area (Å²) in [5, 5.41) is 7.74. The molecule has 0 aliphatic carbocycles. The van der Waals surface area contributed by atoms with E-state index in [-0.39, 0.29) is 10.6 Å². The van der Waals surface area contributed by atoms with Crippen LogP contribution < -0.4 is 10.9 Å². The normalized spacial score (nSPS) is 12.1. The number of halogens is 2. The van der Waals surface area contributed by atoms with Crippen molar-refractivity contribution in [2.24, 2.45) is 0 Å². The highest BCUT2D eigenvalue weighted by Crippen LogP contribution is 2.20. The minimum Gasteiger partial charge on any atom is -0.324 e. The summed E-state index contributed by atoms with van der Waals surface area (Å²) in [5.74, 6) is -1.03. The van der Waals surface area contributed by atoms with Crippen LogP contribution in [0, 0.1) is 5.82 Å². The third kappa shape index (κ3) is 3.00. The number of fused-ring (bicyclic) bond motifs is 1. The zero-order valence-corrected chi connectivity index (χ0v) is 13.4. The number of hydrogen-bond donors (Lipinski definition) is 1. The van der Waals surface area contributed by atoms with E-state index in [0.717, 1.165) is 10.7 Å². The van der Waals surface area contributed by atoms with E-state index >= 15 is 0 Å². The number of aromatic nitrogens is 2. The zero-order valence-electron chi connectivity index (χ0n) is 12.7. The van der Waals surface area contributed by atoms with Gasteiger partial charge in [-0.2, -0.15) is 5.10 Å².